The Morgan fingerprint density at radius 2 is 2.10 bits per heavy atom. The van der Waals surface area contributed by atoms with Gasteiger partial charge in [0.15, 0.2) is 5.78 Å². The molecule has 0 N–H and O–H groups in total. The monoisotopic (exact) mass is 350 g/mol. The minimum Gasteiger partial charge on any atom is -0.497 e. The number of benzene rings is 1. The van der Waals surface area contributed by atoms with E-state index >= 15 is 0 Å². The van der Waals surface area contributed by atoms with Gasteiger partial charge < -0.3 is 4.74 Å². The lowest BCUT2D eigenvalue weighted by Crippen LogP contribution is -2.10. The fourth-order valence-electron chi connectivity index (χ4n) is 2.21. The molecule has 4 nitrogen and oxygen atoms in total. The van der Waals surface area contributed by atoms with Gasteiger partial charge in [-0.2, -0.15) is 5.10 Å². The Bertz CT molecular complexity index is 650. The summed E-state index contributed by atoms with van der Waals surface area (Å²) in [5, 5.41) is 4.48. The first-order valence-corrected chi connectivity index (χ1v) is 7.80. The lowest BCUT2D eigenvalue weighted by molar-refractivity contribution is 0.0989. The molecular formula is C16H19BrN2O2. The summed E-state index contributed by atoms with van der Waals surface area (Å²) >= 11 is 3.43. The van der Waals surface area contributed by atoms with Crippen molar-refractivity contribution in [2.45, 2.75) is 33.2 Å². The maximum absolute atomic E-state index is 12.5. The molecule has 1 aromatic carbocycles. The molecule has 0 amide bonds. The third-order valence-electron chi connectivity index (χ3n) is 3.39. The highest BCUT2D eigenvalue weighted by Gasteiger charge is 2.15. The highest BCUT2D eigenvalue weighted by atomic mass is 79.9. The SMILES string of the molecule is CCc1cc(CC(=O)c2cc(OC)ccc2Br)n(CC)n1. The van der Waals surface area contributed by atoms with Crippen molar-refractivity contribution in [1.82, 2.24) is 9.78 Å². The van der Waals surface area contributed by atoms with Crippen LogP contribution in [-0.2, 0) is 19.4 Å². The van der Waals surface area contributed by atoms with Crippen molar-refractivity contribution in [3.05, 3.63) is 45.7 Å². The molecule has 2 rings (SSSR count). The third-order valence-corrected chi connectivity index (χ3v) is 4.08. The van der Waals surface area contributed by atoms with Crippen LogP contribution in [0.2, 0.25) is 0 Å². The number of Topliss-reactive ketones (excluding diaryl/α,β-unsaturated/α-hetero) is 1. The zero-order valence-electron chi connectivity index (χ0n) is 12.5. The van der Waals surface area contributed by atoms with Gasteiger partial charge in [-0.15, -0.1) is 0 Å². The summed E-state index contributed by atoms with van der Waals surface area (Å²) in [5.74, 6) is 0.734. The van der Waals surface area contributed by atoms with E-state index in [-0.39, 0.29) is 5.78 Å². The highest BCUT2D eigenvalue weighted by Crippen LogP contribution is 2.24. The number of methoxy groups -OCH3 is 1. The van der Waals surface area contributed by atoms with Crippen LogP contribution < -0.4 is 4.74 Å². The summed E-state index contributed by atoms with van der Waals surface area (Å²) in [6.45, 7) is 4.86. The quantitative estimate of drug-likeness (QED) is 0.746. The third kappa shape index (κ3) is 3.53. The summed E-state index contributed by atoms with van der Waals surface area (Å²) in [7, 11) is 1.59. The van der Waals surface area contributed by atoms with Gasteiger partial charge in [0, 0.05) is 22.3 Å². The van der Waals surface area contributed by atoms with Crippen LogP contribution in [0.15, 0.2) is 28.7 Å². The number of hydrogen-bond acceptors (Lipinski definition) is 3. The Morgan fingerprint density at radius 3 is 2.71 bits per heavy atom. The number of carbonyl (C=O) groups is 1. The standard InChI is InChI=1S/C16H19BrN2O2/c1-4-11-8-12(19(5-2)18-11)9-16(20)14-10-13(21-3)6-7-15(14)17/h6-8,10H,4-5,9H2,1-3H3. The van der Waals surface area contributed by atoms with Crippen LogP contribution in [0.1, 0.15) is 35.6 Å². The van der Waals surface area contributed by atoms with Gasteiger partial charge in [-0.3, -0.25) is 9.48 Å². The molecule has 0 saturated carbocycles. The van der Waals surface area contributed by atoms with Crippen LogP contribution in [0, 0.1) is 0 Å². The van der Waals surface area contributed by atoms with E-state index in [1.165, 1.54) is 0 Å². The zero-order valence-corrected chi connectivity index (χ0v) is 14.1. The number of ether oxygens (including phenoxy) is 1. The smallest absolute Gasteiger partial charge is 0.170 e. The average molecular weight is 351 g/mol. The van der Waals surface area contributed by atoms with Gasteiger partial charge in [-0.05, 0) is 37.6 Å². The molecule has 0 aliphatic rings. The van der Waals surface area contributed by atoms with Crippen LogP contribution >= 0.6 is 15.9 Å². The predicted octanol–water partition coefficient (Wildman–Crippen LogP) is 3.66. The first kappa shape index (κ1) is 15.8. The number of aromatic nitrogens is 2. The van der Waals surface area contributed by atoms with Crippen LogP contribution in [0.3, 0.4) is 0 Å². The van der Waals surface area contributed by atoms with E-state index in [0.717, 1.165) is 28.8 Å². The van der Waals surface area contributed by atoms with Crippen molar-refractivity contribution in [3.8, 4) is 5.75 Å². The Labute approximate surface area is 133 Å². The molecule has 0 spiro atoms. The molecule has 0 saturated heterocycles. The van der Waals surface area contributed by atoms with Gasteiger partial charge >= 0.3 is 0 Å². The minimum absolute atomic E-state index is 0.0537. The number of carbonyl (C=O) groups excluding carboxylic acids is 1. The second-order valence-corrected chi connectivity index (χ2v) is 5.60. The van der Waals surface area contributed by atoms with E-state index in [9.17, 15) is 4.79 Å². The van der Waals surface area contributed by atoms with Crippen molar-refractivity contribution in [2.24, 2.45) is 0 Å². The Balaban J connectivity index is 2.27. The van der Waals surface area contributed by atoms with E-state index in [0.29, 0.717) is 17.7 Å². The largest absolute Gasteiger partial charge is 0.497 e. The summed E-state index contributed by atoms with van der Waals surface area (Å²) in [4.78, 5) is 12.5. The van der Waals surface area contributed by atoms with Crippen LogP contribution in [0.25, 0.3) is 0 Å². The molecule has 0 unspecified atom stereocenters. The van der Waals surface area contributed by atoms with E-state index in [4.69, 9.17) is 4.74 Å². The molecule has 0 aliphatic carbocycles. The van der Waals surface area contributed by atoms with Gasteiger partial charge in [-0.1, -0.05) is 22.9 Å². The van der Waals surface area contributed by atoms with E-state index in [1.807, 2.05) is 29.8 Å². The molecule has 0 bridgehead atoms. The van der Waals surface area contributed by atoms with Crippen molar-refractivity contribution >= 4 is 21.7 Å². The number of hydrogen-bond donors (Lipinski definition) is 0. The molecule has 0 aliphatic heterocycles. The topological polar surface area (TPSA) is 44.1 Å². The average Bonchev–Trinajstić information content (AvgIpc) is 2.89. The zero-order chi connectivity index (χ0) is 15.4. The molecule has 21 heavy (non-hydrogen) atoms. The molecule has 0 atom stereocenters. The Kier molecular flexibility index (Phi) is 5.17. The summed E-state index contributed by atoms with van der Waals surface area (Å²) < 4.78 is 7.86. The molecule has 2 aromatic rings. The van der Waals surface area contributed by atoms with Crippen molar-refractivity contribution < 1.29 is 9.53 Å². The van der Waals surface area contributed by atoms with Crippen LogP contribution in [-0.4, -0.2) is 22.7 Å². The van der Waals surface area contributed by atoms with Crippen LogP contribution in [0.4, 0.5) is 0 Å². The van der Waals surface area contributed by atoms with Gasteiger partial charge in [-0.25, -0.2) is 0 Å². The fourth-order valence-corrected chi connectivity index (χ4v) is 2.68. The Hall–Kier alpha value is -1.62. The van der Waals surface area contributed by atoms with Gasteiger partial charge in [0.25, 0.3) is 0 Å². The van der Waals surface area contributed by atoms with Gasteiger partial charge in [0.2, 0.25) is 0 Å². The summed E-state index contributed by atoms with van der Waals surface area (Å²) in [6, 6.07) is 7.43. The molecule has 1 heterocycles. The first-order chi connectivity index (χ1) is 10.1. The van der Waals surface area contributed by atoms with Crippen molar-refractivity contribution in [1.29, 1.82) is 0 Å². The highest BCUT2D eigenvalue weighted by molar-refractivity contribution is 9.10. The number of halogens is 1. The van der Waals surface area contributed by atoms with E-state index in [2.05, 4.69) is 28.0 Å². The second kappa shape index (κ2) is 6.89. The number of rotatable bonds is 6. The normalized spacial score (nSPS) is 10.7. The maximum Gasteiger partial charge on any atom is 0.170 e. The number of nitrogens with zero attached hydrogens (tertiary/aromatic N) is 2. The number of ketones is 1. The van der Waals surface area contributed by atoms with Crippen molar-refractivity contribution in [2.75, 3.05) is 7.11 Å². The first-order valence-electron chi connectivity index (χ1n) is 7.01. The fraction of sp³-hybridized carbons (Fsp3) is 0.375. The summed E-state index contributed by atoms with van der Waals surface area (Å²) in [6.07, 6.45) is 1.21. The van der Waals surface area contributed by atoms with Gasteiger partial charge in [0.1, 0.15) is 5.75 Å². The lowest BCUT2D eigenvalue weighted by Gasteiger charge is -2.07. The minimum atomic E-state index is 0.0537. The molecule has 0 radical (unpaired) electrons. The Morgan fingerprint density at radius 1 is 1.33 bits per heavy atom. The van der Waals surface area contributed by atoms with E-state index < -0.39 is 0 Å². The number of aryl methyl sites for hydroxylation is 2. The van der Waals surface area contributed by atoms with E-state index in [1.54, 1.807) is 13.2 Å². The predicted molar refractivity (Wildman–Crippen MR) is 86.0 cm³/mol. The summed E-state index contributed by atoms with van der Waals surface area (Å²) in [5.41, 5.74) is 2.61. The van der Waals surface area contributed by atoms with Crippen molar-refractivity contribution in [3.63, 3.8) is 0 Å². The van der Waals surface area contributed by atoms with Gasteiger partial charge in [0.05, 0.1) is 19.2 Å². The van der Waals surface area contributed by atoms with Crippen LogP contribution in [0.5, 0.6) is 5.75 Å². The molecule has 0 fully saturated rings. The molecule has 5 heteroatoms. The lowest BCUT2D eigenvalue weighted by atomic mass is 10.1. The maximum atomic E-state index is 12.5. The molecular weight excluding hydrogens is 332 g/mol. The molecule has 112 valence electrons. The second-order valence-electron chi connectivity index (χ2n) is 4.74. The molecule has 1 aromatic heterocycles.